The summed E-state index contributed by atoms with van der Waals surface area (Å²) in [5.74, 6) is 0.605. The van der Waals surface area contributed by atoms with E-state index in [2.05, 4.69) is 5.32 Å². The summed E-state index contributed by atoms with van der Waals surface area (Å²) in [6, 6.07) is 4.28. The third-order valence-electron chi connectivity index (χ3n) is 4.00. The fraction of sp³-hybridized carbons (Fsp3) is 0.533. The van der Waals surface area contributed by atoms with Gasteiger partial charge in [0, 0.05) is 37.2 Å². The Bertz CT molecular complexity index is 559. The van der Waals surface area contributed by atoms with E-state index in [4.69, 9.17) is 11.6 Å². The predicted octanol–water partition coefficient (Wildman–Crippen LogP) is 2.60. The molecule has 1 atom stereocenters. The zero-order chi connectivity index (χ0) is 16.1. The summed E-state index contributed by atoms with van der Waals surface area (Å²) < 4.78 is 0. The molecule has 0 spiro atoms. The molecule has 0 aromatic heterocycles. The van der Waals surface area contributed by atoms with Crippen molar-refractivity contribution >= 4 is 23.2 Å². The fourth-order valence-corrected chi connectivity index (χ4v) is 2.80. The average molecular weight is 326 g/mol. The summed E-state index contributed by atoms with van der Waals surface area (Å²) in [5.41, 5.74) is 0.575. The van der Waals surface area contributed by atoms with Crippen LogP contribution in [0.25, 0.3) is 0 Å². The van der Waals surface area contributed by atoms with Crippen LogP contribution in [0.5, 0.6) is 0 Å². The minimum Gasteiger partial charge on any atom is -0.341 e. The topological polar surface area (TPSA) is 75.5 Å². The summed E-state index contributed by atoms with van der Waals surface area (Å²) in [6.45, 7) is 2.29. The molecule has 1 amide bonds. The van der Waals surface area contributed by atoms with Crippen LogP contribution >= 0.6 is 11.6 Å². The monoisotopic (exact) mass is 325 g/mol. The lowest BCUT2D eigenvalue weighted by molar-refractivity contribution is -0.384. The number of carbonyl (C=O) groups excluding carboxylic acids is 1. The third kappa shape index (κ3) is 4.42. The SMILES string of the molecule is CN(Cc1cc([N+](=O)[O-])ccc1Cl)C(=O)CCC1CCNC1. The quantitative estimate of drug-likeness (QED) is 0.644. The van der Waals surface area contributed by atoms with Crippen molar-refractivity contribution in [3.05, 3.63) is 38.9 Å². The van der Waals surface area contributed by atoms with Crippen LogP contribution < -0.4 is 5.32 Å². The second kappa shape index (κ2) is 7.56. The van der Waals surface area contributed by atoms with Crippen LogP contribution in [0.3, 0.4) is 0 Å². The summed E-state index contributed by atoms with van der Waals surface area (Å²) in [7, 11) is 1.70. The maximum Gasteiger partial charge on any atom is 0.269 e. The number of carbonyl (C=O) groups is 1. The number of halogens is 1. The van der Waals surface area contributed by atoms with Gasteiger partial charge in [0.15, 0.2) is 0 Å². The first-order valence-corrected chi connectivity index (χ1v) is 7.72. The Kier molecular flexibility index (Phi) is 5.74. The number of nitrogens with zero attached hydrogens (tertiary/aromatic N) is 2. The molecule has 0 bridgehead atoms. The van der Waals surface area contributed by atoms with E-state index in [1.54, 1.807) is 11.9 Å². The lowest BCUT2D eigenvalue weighted by Crippen LogP contribution is -2.26. The molecular weight excluding hydrogens is 306 g/mol. The van der Waals surface area contributed by atoms with Crippen LogP contribution in [0, 0.1) is 16.0 Å². The molecule has 1 aliphatic rings. The van der Waals surface area contributed by atoms with Crippen LogP contribution in [0.4, 0.5) is 5.69 Å². The van der Waals surface area contributed by atoms with E-state index < -0.39 is 4.92 Å². The zero-order valence-electron chi connectivity index (χ0n) is 12.5. The first kappa shape index (κ1) is 16.7. The van der Waals surface area contributed by atoms with Crippen LogP contribution in [-0.2, 0) is 11.3 Å². The van der Waals surface area contributed by atoms with E-state index in [1.165, 1.54) is 18.2 Å². The average Bonchev–Trinajstić information content (AvgIpc) is 3.00. The number of hydrogen-bond donors (Lipinski definition) is 1. The van der Waals surface area contributed by atoms with Crippen molar-refractivity contribution < 1.29 is 9.72 Å². The van der Waals surface area contributed by atoms with E-state index in [9.17, 15) is 14.9 Å². The van der Waals surface area contributed by atoms with E-state index in [0.29, 0.717) is 22.9 Å². The molecule has 1 aromatic carbocycles. The highest BCUT2D eigenvalue weighted by Gasteiger charge is 2.18. The summed E-state index contributed by atoms with van der Waals surface area (Å²) in [4.78, 5) is 24.1. The lowest BCUT2D eigenvalue weighted by Gasteiger charge is -2.19. The smallest absolute Gasteiger partial charge is 0.269 e. The largest absolute Gasteiger partial charge is 0.341 e. The summed E-state index contributed by atoms with van der Waals surface area (Å²) in [5, 5.41) is 14.5. The van der Waals surface area contributed by atoms with Gasteiger partial charge in [0.25, 0.3) is 5.69 Å². The Labute approximate surface area is 134 Å². The molecule has 7 heteroatoms. The zero-order valence-corrected chi connectivity index (χ0v) is 13.3. The molecule has 120 valence electrons. The van der Waals surface area contributed by atoms with Crippen molar-refractivity contribution in [2.45, 2.75) is 25.8 Å². The number of rotatable bonds is 6. The number of non-ortho nitro benzene ring substituents is 1. The van der Waals surface area contributed by atoms with Crippen LogP contribution in [-0.4, -0.2) is 35.9 Å². The molecule has 1 unspecified atom stereocenters. The van der Waals surface area contributed by atoms with Gasteiger partial charge in [0.05, 0.1) is 4.92 Å². The molecule has 1 heterocycles. The van der Waals surface area contributed by atoms with E-state index in [1.807, 2.05) is 0 Å². The number of nitro groups is 1. The van der Waals surface area contributed by atoms with Gasteiger partial charge >= 0.3 is 0 Å². The molecular formula is C15H20ClN3O3. The van der Waals surface area contributed by atoms with E-state index in [0.717, 1.165) is 25.9 Å². The summed E-state index contributed by atoms with van der Waals surface area (Å²) in [6.07, 6.45) is 2.49. The Balaban J connectivity index is 1.92. The molecule has 22 heavy (non-hydrogen) atoms. The minimum absolute atomic E-state index is 0.0164. The van der Waals surface area contributed by atoms with Gasteiger partial charge in [-0.2, -0.15) is 0 Å². The second-order valence-electron chi connectivity index (χ2n) is 5.68. The number of amides is 1. The van der Waals surface area contributed by atoms with Crippen molar-refractivity contribution in [2.75, 3.05) is 20.1 Å². The summed E-state index contributed by atoms with van der Waals surface area (Å²) >= 11 is 6.06. The van der Waals surface area contributed by atoms with Crippen LogP contribution in [0.1, 0.15) is 24.8 Å². The molecule has 0 aliphatic carbocycles. The molecule has 1 fully saturated rings. The van der Waals surface area contributed by atoms with Gasteiger partial charge in [-0.25, -0.2) is 0 Å². The Morgan fingerprint density at radius 2 is 2.32 bits per heavy atom. The van der Waals surface area contributed by atoms with Gasteiger partial charge in [-0.05, 0) is 43.5 Å². The lowest BCUT2D eigenvalue weighted by atomic mass is 10.0. The first-order valence-electron chi connectivity index (χ1n) is 7.35. The van der Waals surface area contributed by atoms with Crippen molar-refractivity contribution in [3.8, 4) is 0 Å². The fourth-order valence-electron chi connectivity index (χ4n) is 2.62. The predicted molar refractivity (Wildman–Crippen MR) is 84.8 cm³/mol. The molecule has 6 nitrogen and oxygen atoms in total. The number of nitro benzene ring substituents is 1. The maximum absolute atomic E-state index is 12.2. The van der Waals surface area contributed by atoms with E-state index in [-0.39, 0.29) is 18.1 Å². The molecule has 0 saturated carbocycles. The minimum atomic E-state index is -0.464. The number of nitrogens with one attached hydrogen (secondary N) is 1. The van der Waals surface area contributed by atoms with Gasteiger partial charge < -0.3 is 10.2 Å². The molecule has 0 radical (unpaired) electrons. The standard InChI is InChI=1S/C15H20ClN3O3/c1-18(15(20)5-2-11-6-7-17-9-11)10-12-8-13(19(21)22)3-4-14(12)16/h3-4,8,11,17H,2,5-7,9-10H2,1H3. The highest BCUT2D eigenvalue weighted by Crippen LogP contribution is 2.23. The highest BCUT2D eigenvalue weighted by atomic mass is 35.5. The van der Waals surface area contributed by atoms with Crippen molar-refractivity contribution in [3.63, 3.8) is 0 Å². The molecule has 1 saturated heterocycles. The van der Waals surface area contributed by atoms with Crippen molar-refractivity contribution in [2.24, 2.45) is 5.92 Å². The van der Waals surface area contributed by atoms with E-state index >= 15 is 0 Å². The van der Waals surface area contributed by atoms with Gasteiger partial charge in [0.2, 0.25) is 5.91 Å². The number of hydrogen-bond acceptors (Lipinski definition) is 4. The normalized spacial score (nSPS) is 17.5. The third-order valence-corrected chi connectivity index (χ3v) is 4.37. The Morgan fingerprint density at radius 1 is 1.55 bits per heavy atom. The second-order valence-corrected chi connectivity index (χ2v) is 6.09. The van der Waals surface area contributed by atoms with Crippen LogP contribution in [0.15, 0.2) is 18.2 Å². The molecule has 1 aliphatic heterocycles. The molecule has 2 rings (SSSR count). The van der Waals surface area contributed by atoms with Gasteiger partial charge in [-0.1, -0.05) is 11.6 Å². The Morgan fingerprint density at radius 3 is 2.95 bits per heavy atom. The van der Waals surface area contributed by atoms with Gasteiger partial charge in [-0.15, -0.1) is 0 Å². The van der Waals surface area contributed by atoms with Gasteiger partial charge in [0.1, 0.15) is 0 Å². The van der Waals surface area contributed by atoms with Crippen molar-refractivity contribution in [1.29, 1.82) is 0 Å². The van der Waals surface area contributed by atoms with Crippen LogP contribution in [0.2, 0.25) is 5.02 Å². The molecule has 1 aromatic rings. The maximum atomic E-state index is 12.2. The highest BCUT2D eigenvalue weighted by molar-refractivity contribution is 6.31. The first-order chi connectivity index (χ1) is 10.5. The van der Waals surface area contributed by atoms with Crippen molar-refractivity contribution in [1.82, 2.24) is 10.2 Å². The Hall–Kier alpha value is -1.66. The molecule has 1 N–H and O–H groups in total. The van der Waals surface area contributed by atoms with Gasteiger partial charge in [-0.3, -0.25) is 14.9 Å². The number of benzene rings is 1.